The zero-order valence-electron chi connectivity index (χ0n) is 10.9. The number of nitrogens with zero attached hydrogens (tertiary/aromatic N) is 1. The van der Waals surface area contributed by atoms with Gasteiger partial charge in [0.05, 0.1) is 6.54 Å². The molecule has 0 saturated carbocycles. The molecule has 1 atom stereocenters. The number of rotatable bonds is 3. The lowest BCUT2D eigenvalue weighted by molar-refractivity contribution is -0.123. The van der Waals surface area contributed by atoms with Gasteiger partial charge < -0.3 is 15.2 Å². The van der Waals surface area contributed by atoms with Crippen LogP contribution in [-0.4, -0.2) is 22.4 Å². The van der Waals surface area contributed by atoms with Crippen LogP contribution in [0.2, 0.25) is 0 Å². The Morgan fingerprint density at radius 1 is 1.25 bits per heavy atom. The zero-order valence-corrected chi connectivity index (χ0v) is 10.9. The van der Waals surface area contributed by atoms with Crippen LogP contribution in [0.25, 0.3) is 0 Å². The predicted octanol–water partition coefficient (Wildman–Crippen LogP) is 0.916. The molecule has 2 amide bonds. The van der Waals surface area contributed by atoms with Crippen molar-refractivity contribution in [1.82, 2.24) is 15.2 Å². The van der Waals surface area contributed by atoms with Gasteiger partial charge in [0.2, 0.25) is 5.91 Å². The maximum Gasteiger partial charge on any atom is 0.268 e. The summed E-state index contributed by atoms with van der Waals surface area (Å²) in [5.41, 5.74) is 1.63. The molecule has 5 nitrogen and oxygen atoms in total. The molecule has 102 valence electrons. The Labute approximate surface area is 116 Å². The first-order valence-corrected chi connectivity index (χ1v) is 6.52. The second-order valence-electron chi connectivity index (χ2n) is 4.78. The third-order valence-corrected chi connectivity index (χ3v) is 3.37. The van der Waals surface area contributed by atoms with Crippen LogP contribution >= 0.6 is 0 Å². The summed E-state index contributed by atoms with van der Waals surface area (Å²) in [7, 11) is 0. The van der Waals surface area contributed by atoms with Crippen LogP contribution in [0, 0.1) is 0 Å². The largest absolute Gasteiger partial charge is 0.350 e. The summed E-state index contributed by atoms with van der Waals surface area (Å²) in [5.74, 6) is -0.373. The minimum Gasteiger partial charge on any atom is -0.350 e. The van der Waals surface area contributed by atoms with Crippen molar-refractivity contribution in [2.24, 2.45) is 0 Å². The van der Waals surface area contributed by atoms with Gasteiger partial charge in [0.15, 0.2) is 0 Å². The number of carbonyl (C=O) groups is 2. The Kier molecular flexibility index (Phi) is 3.25. The Morgan fingerprint density at radius 2 is 2.05 bits per heavy atom. The highest BCUT2D eigenvalue weighted by atomic mass is 16.2. The van der Waals surface area contributed by atoms with Crippen molar-refractivity contribution in [2.45, 2.75) is 19.1 Å². The van der Waals surface area contributed by atoms with Crippen molar-refractivity contribution in [2.75, 3.05) is 0 Å². The third kappa shape index (κ3) is 2.42. The number of fused-ring (bicyclic) bond motifs is 1. The number of hydrogen-bond donors (Lipinski definition) is 2. The lowest BCUT2D eigenvalue weighted by Crippen LogP contribution is -2.52. The molecule has 1 aromatic carbocycles. The summed E-state index contributed by atoms with van der Waals surface area (Å²) in [4.78, 5) is 23.9. The molecule has 0 saturated heterocycles. The van der Waals surface area contributed by atoms with E-state index >= 15 is 0 Å². The Hall–Kier alpha value is -2.56. The minimum atomic E-state index is -0.522. The first-order chi connectivity index (χ1) is 9.74. The van der Waals surface area contributed by atoms with Crippen LogP contribution in [0.1, 0.15) is 16.1 Å². The molecule has 3 rings (SSSR count). The molecular weight excluding hydrogens is 254 g/mol. The maximum atomic E-state index is 12.1. The van der Waals surface area contributed by atoms with Gasteiger partial charge >= 0.3 is 0 Å². The van der Waals surface area contributed by atoms with Gasteiger partial charge in [-0.25, -0.2) is 0 Å². The molecule has 1 unspecified atom stereocenters. The van der Waals surface area contributed by atoms with Crippen LogP contribution in [0.3, 0.4) is 0 Å². The van der Waals surface area contributed by atoms with Crippen LogP contribution in [0.15, 0.2) is 48.7 Å². The third-order valence-electron chi connectivity index (χ3n) is 3.37. The SMILES string of the molecule is O=C1NC(C(=O)NCc2ccccc2)Cn2cccc21. The van der Waals surface area contributed by atoms with Crippen molar-refractivity contribution in [3.63, 3.8) is 0 Å². The lowest BCUT2D eigenvalue weighted by Gasteiger charge is -2.24. The fraction of sp³-hybridized carbons (Fsp3) is 0.200. The minimum absolute atomic E-state index is 0.165. The highest BCUT2D eigenvalue weighted by Gasteiger charge is 2.28. The predicted molar refractivity (Wildman–Crippen MR) is 74.0 cm³/mol. The van der Waals surface area contributed by atoms with Gasteiger partial charge in [0.1, 0.15) is 11.7 Å². The molecule has 0 fully saturated rings. The van der Waals surface area contributed by atoms with Crippen molar-refractivity contribution in [3.8, 4) is 0 Å². The maximum absolute atomic E-state index is 12.1. The number of nitrogens with one attached hydrogen (secondary N) is 2. The molecule has 2 N–H and O–H groups in total. The van der Waals surface area contributed by atoms with Crippen LogP contribution in [-0.2, 0) is 17.9 Å². The first kappa shape index (κ1) is 12.5. The summed E-state index contributed by atoms with van der Waals surface area (Å²) in [6, 6.07) is 12.7. The Balaban J connectivity index is 1.63. The van der Waals surface area contributed by atoms with E-state index in [0.29, 0.717) is 18.8 Å². The van der Waals surface area contributed by atoms with E-state index in [1.807, 2.05) is 36.5 Å². The lowest BCUT2D eigenvalue weighted by atomic mass is 10.2. The van der Waals surface area contributed by atoms with E-state index in [-0.39, 0.29) is 11.8 Å². The average molecular weight is 269 g/mol. The van der Waals surface area contributed by atoms with E-state index < -0.39 is 6.04 Å². The van der Waals surface area contributed by atoms with Gasteiger partial charge in [-0.2, -0.15) is 0 Å². The molecule has 1 aromatic heterocycles. The van der Waals surface area contributed by atoms with E-state index in [2.05, 4.69) is 10.6 Å². The first-order valence-electron chi connectivity index (χ1n) is 6.52. The van der Waals surface area contributed by atoms with Gasteiger partial charge in [0.25, 0.3) is 5.91 Å². The fourth-order valence-corrected chi connectivity index (χ4v) is 2.31. The Bertz CT molecular complexity index is 634. The zero-order chi connectivity index (χ0) is 13.9. The quantitative estimate of drug-likeness (QED) is 0.870. The van der Waals surface area contributed by atoms with E-state index in [0.717, 1.165) is 5.56 Å². The summed E-state index contributed by atoms with van der Waals surface area (Å²) in [6.07, 6.45) is 1.81. The van der Waals surface area contributed by atoms with E-state index in [1.54, 1.807) is 16.7 Å². The number of aromatic nitrogens is 1. The molecule has 2 heterocycles. The number of amides is 2. The molecule has 2 aromatic rings. The van der Waals surface area contributed by atoms with Gasteiger partial charge in [-0.1, -0.05) is 30.3 Å². The normalized spacial score (nSPS) is 17.2. The molecule has 5 heteroatoms. The van der Waals surface area contributed by atoms with Crippen LogP contribution < -0.4 is 10.6 Å². The van der Waals surface area contributed by atoms with Crippen LogP contribution in [0.4, 0.5) is 0 Å². The summed E-state index contributed by atoms with van der Waals surface area (Å²) < 4.78 is 1.80. The number of carbonyl (C=O) groups excluding carboxylic acids is 2. The molecule has 1 aliphatic rings. The monoisotopic (exact) mass is 269 g/mol. The van der Waals surface area contributed by atoms with Gasteiger partial charge in [0, 0.05) is 12.7 Å². The van der Waals surface area contributed by atoms with Crippen molar-refractivity contribution in [1.29, 1.82) is 0 Å². The smallest absolute Gasteiger partial charge is 0.268 e. The second-order valence-corrected chi connectivity index (χ2v) is 4.78. The van der Waals surface area contributed by atoms with Crippen molar-refractivity contribution >= 4 is 11.8 Å². The molecule has 0 bridgehead atoms. The van der Waals surface area contributed by atoms with Crippen molar-refractivity contribution < 1.29 is 9.59 Å². The Morgan fingerprint density at radius 3 is 2.85 bits per heavy atom. The number of hydrogen-bond acceptors (Lipinski definition) is 2. The molecule has 0 radical (unpaired) electrons. The summed E-state index contributed by atoms with van der Waals surface area (Å²) >= 11 is 0. The highest BCUT2D eigenvalue weighted by Crippen LogP contribution is 2.10. The fourth-order valence-electron chi connectivity index (χ4n) is 2.31. The molecule has 0 aliphatic carbocycles. The molecular formula is C15H15N3O2. The van der Waals surface area contributed by atoms with Gasteiger partial charge in [-0.05, 0) is 17.7 Å². The standard InChI is InChI=1S/C15H15N3O2/c19-14(16-9-11-5-2-1-3-6-11)12-10-18-8-4-7-13(18)15(20)17-12/h1-8,12H,9-10H2,(H,16,19)(H,17,20). The van der Waals surface area contributed by atoms with E-state index in [9.17, 15) is 9.59 Å². The van der Waals surface area contributed by atoms with E-state index in [1.165, 1.54) is 0 Å². The van der Waals surface area contributed by atoms with Gasteiger partial charge in [-0.15, -0.1) is 0 Å². The van der Waals surface area contributed by atoms with Gasteiger partial charge in [-0.3, -0.25) is 9.59 Å². The van der Waals surface area contributed by atoms with Crippen molar-refractivity contribution in [3.05, 3.63) is 59.9 Å². The second kappa shape index (κ2) is 5.21. The van der Waals surface area contributed by atoms with E-state index in [4.69, 9.17) is 0 Å². The molecule has 1 aliphatic heterocycles. The average Bonchev–Trinajstić information content (AvgIpc) is 2.95. The van der Waals surface area contributed by atoms with Crippen LogP contribution in [0.5, 0.6) is 0 Å². The highest BCUT2D eigenvalue weighted by molar-refractivity contribution is 5.97. The topological polar surface area (TPSA) is 63.1 Å². The number of benzene rings is 1. The molecule has 0 spiro atoms. The summed E-state index contributed by atoms with van der Waals surface area (Å²) in [5, 5.41) is 5.57. The molecule has 20 heavy (non-hydrogen) atoms. The summed E-state index contributed by atoms with van der Waals surface area (Å²) in [6.45, 7) is 0.930.